The van der Waals surface area contributed by atoms with Crippen molar-refractivity contribution in [2.75, 3.05) is 0 Å². The van der Waals surface area contributed by atoms with Crippen molar-refractivity contribution in [2.45, 2.75) is 12.9 Å². The maximum absolute atomic E-state index is 12.0. The number of halogens is 4. The van der Waals surface area contributed by atoms with Crippen LogP contribution in [0.15, 0.2) is 28.9 Å². The van der Waals surface area contributed by atoms with Gasteiger partial charge in [0.25, 0.3) is 0 Å². The lowest BCUT2D eigenvalue weighted by Gasteiger charge is -2.09. The van der Waals surface area contributed by atoms with E-state index in [4.69, 9.17) is 5.11 Å². The zero-order valence-corrected chi connectivity index (χ0v) is 11.7. The van der Waals surface area contributed by atoms with Crippen molar-refractivity contribution in [2.24, 2.45) is 0 Å². The van der Waals surface area contributed by atoms with Gasteiger partial charge in [0.2, 0.25) is 5.69 Å². The summed E-state index contributed by atoms with van der Waals surface area (Å²) in [5.74, 6) is -1.57. The summed E-state index contributed by atoms with van der Waals surface area (Å²) in [6.45, 7) is 0.109. The smallest absolute Gasteiger partial charge is 0.476 e. The Hall–Kier alpha value is -2.10. The normalized spacial score (nSPS) is 11.4. The van der Waals surface area contributed by atoms with E-state index in [0.29, 0.717) is 5.56 Å². The standard InChI is InChI=1S/C11H7BrF3N3O3/c12-9-8(10(19)20)16-18(17-9)5-6-1-3-7(4-2-6)21-11(13,14)15/h1-4H,5H2,(H,19,20). The molecule has 0 unspecified atom stereocenters. The van der Waals surface area contributed by atoms with Crippen LogP contribution >= 0.6 is 15.9 Å². The predicted molar refractivity (Wildman–Crippen MR) is 66.9 cm³/mol. The molecule has 2 rings (SSSR count). The molecule has 0 fully saturated rings. The fourth-order valence-electron chi connectivity index (χ4n) is 1.49. The van der Waals surface area contributed by atoms with Gasteiger partial charge in [-0.2, -0.15) is 4.80 Å². The molecule has 1 N–H and O–H groups in total. The predicted octanol–water partition coefficient (Wildman–Crippen LogP) is 2.69. The molecule has 0 atom stereocenters. The second-order valence-electron chi connectivity index (χ2n) is 3.87. The molecule has 1 heterocycles. The van der Waals surface area contributed by atoms with Gasteiger partial charge in [0.05, 0.1) is 6.54 Å². The van der Waals surface area contributed by atoms with Crippen LogP contribution in [0.5, 0.6) is 5.75 Å². The summed E-state index contributed by atoms with van der Waals surface area (Å²) in [6, 6.07) is 5.11. The third-order valence-electron chi connectivity index (χ3n) is 2.30. The largest absolute Gasteiger partial charge is 0.573 e. The van der Waals surface area contributed by atoms with Crippen molar-refractivity contribution in [1.29, 1.82) is 0 Å². The summed E-state index contributed by atoms with van der Waals surface area (Å²) in [6.07, 6.45) is -4.74. The van der Waals surface area contributed by atoms with Crippen LogP contribution in [0.2, 0.25) is 0 Å². The second kappa shape index (κ2) is 5.72. The number of carbonyl (C=O) groups is 1. The zero-order chi connectivity index (χ0) is 15.6. The van der Waals surface area contributed by atoms with E-state index in [1.807, 2.05) is 0 Å². The monoisotopic (exact) mass is 365 g/mol. The third-order valence-corrected chi connectivity index (χ3v) is 2.83. The number of nitrogens with zero attached hydrogens (tertiary/aromatic N) is 3. The van der Waals surface area contributed by atoms with Crippen LogP contribution in [-0.2, 0) is 6.54 Å². The topological polar surface area (TPSA) is 77.2 Å². The van der Waals surface area contributed by atoms with E-state index in [2.05, 4.69) is 30.9 Å². The lowest BCUT2D eigenvalue weighted by molar-refractivity contribution is -0.274. The van der Waals surface area contributed by atoms with Crippen molar-refractivity contribution in [3.63, 3.8) is 0 Å². The number of carboxylic acid groups (broad SMARTS) is 1. The van der Waals surface area contributed by atoms with Crippen molar-refractivity contribution in [3.8, 4) is 5.75 Å². The Morgan fingerprint density at radius 2 is 1.90 bits per heavy atom. The van der Waals surface area contributed by atoms with Crippen LogP contribution in [0, 0.1) is 0 Å². The van der Waals surface area contributed by atoms with E-state index in [1.54, 1.807) is 0 Å². The molecule has 2 aromatic rings. The number of ether oxygens (including phenoxy) is 1. The fourth-order valence-corrected chi connectivity index (χ4v) is 1.92. The Labute approximate surface area is 124 Å². The first-order valence-electron chi connectivity index (χ1n) is 5.43. The van der Waals surface area contributed by atoms with Gasteiger partial charge in [-0.15, -0.1) is 23.4 Å². The maximum Gasteiger partial charge on any atom is 0.573 e. The quantitative estimate of drug-likeness (QED) is 0.901. The number of benzene rings is 1. The molecule has 0 bridgehead atoms. The number of carboxylic acids is 1. The van der Waals surface area contributed by atoms with Crippen LogP contribution in [0.1, 0.15) is 16.1 Å². The molecular formula is C11H7BrF3N3O3. The number of hydrogen-bond acceptors (Lipinski definition) is 4. The van der Waals surface area contributed by atoms with Crippen molar-refractivity contribution >= 4 is 21.9 Å². The molecule has 112 valence electrons. The number of hydrogen-bond donors (Lipinski definition) is 1. The molecule has 0 spiro atoms. The van der Waals surface area contributed by atoms with Gasteiger partial charge in [0.15, 0.2) is 4.60 Å². The first-order valence-corrected chi connectivity index (χ1v) is 6.22. The van der Waals surface area contributed by atoms with Crippen molar-refractivity contribution < 1.29 is 27.8 Å². The molecule has 0 aliphatic carbocycles. The van der Waals surface area contributed by atoms with Gasteiger partial charge in [-0.3, -0.25) is 0 Å². The van der Waals surface area contributed by atoms with Gasteiger partial charge in [0.1, 0.15) is 5.75 Å². The highest BCUT2D eigenvalue weighted by Crippen LogP contribution is 2.23. The highest BCUT2D eigenvalue weighted by Gasteiger charge is 2.30. The number of alkyl halides is 3. The van der Waals surface area contributed by atoms with Crippen molar-refractivity contribution in [3.05, 3.63) is 40.1 Å². The SMILES string of the molecule is O=C(O)c1nn(Cc2ccc(OC(F)(F)F)cc2)nc1Br. The summed E-state index contributed by atoms with van der Waals surface area (Å²) in [4.78, 5) is 11.9. The molecule has 0 radical (unpaired) electrons. The minimum absolute atomic E-state index is 0.0759. The Morgan fingerprint density at radius 1 is 1.29 bits per heavy atom. The Morgan fingerprint density at radius 3 is 2.38 bits per heavy atom. The highest BCUT2D eigenvalue weighted by atomic mass is 79.9. The van der Waals surface area contributed by atoms with E-state index in [0.717, 1.165) is 16.9 Å². The van der Waals surface area contributed by atoms with Gasteiger partial charge < -0.3 is 9.84 Å². The zero-order valence-electron chi connectivity index (χ0n) is 10.1. The number of aromatic carboxylic acids is 1. The minimum Gasteiger partial charge on any atom is -0.476 e. The van der Waals surface area contributed by atoms with Gasteiger partial charge in [-0.25, -0.2) is 4.79 Å². The maximum atomic E-state index is 12.0. The van der Waals surface area contributed by atoms with Crippen LogP contribution in [0.4, 0.5) is 13.2 Å². The molecule has 1 aromatic heterocycles. The van der Waals surface area contributed by atoms with E-state index in [9.17, 15) is 18.0 Å². The van der Waals surface area contributed by atoms with Gasteiger partial charge in [0, 0.05) is 0 Å². The Kier molecular flexibility index (Phi) is 4.16. The fraction of sp³-hybridized carbons (Fsp3) is 0.182. The molecule has 21 heavy (non-hydrogen) atoms. The van der Waals surface area contributed by atoms with Crippen molar-refractivity contribution in [1.82, 2.24) is 15.0 Å². The van der Waals surface area contributed by atoms with E-state index < -0.39 is 12.3 Å². The van der Waals surface area contributed by atoms with Crippen LogP contribution in [0.3, 0.4) is 0 Å². The first kappa shape index (κ1) is 15.3. The Balaban J connectivity index is 2.10. The average Bonchev–Trinajstić information content (AvgIpc) is 2.71. The summed E-state index contributed by atoms with van der Waals surface area (Å²) in [5, 5.41) is 16.4. The summed E-state index contributed by atoms with van der Waals surface area (Å²) in [5.41, 5.74) is 0.344. The van der Waals surface area contributed by atoms with E-state index in [-0.39, 0.29) is 22.6 Å². The molecule has 0 aliphatic heterocycles. The summed E-state index contributed by atoms with van der Waals surface area (Å²) in [7, 11) is 0. The summed E-state index contributed by atoms with van der Waals surface area (Å²) < 4.78 is 39.8. The van der Waals surface area contributed by atoms with E-state index >= 15 is 0 Å². The van der Waals surface area contributed by atoms with E-state index in [1.165, 1.54) is 12.1 Å². The molecule has 0 saturated carbocycles. The first-order chi connectivity index (χ1) is 9.74. The minimum atomic E-state index is -4.74. The molecule has 0 aliphatic rings. The van der Waals surface area contributed by atoms with Gasteiger partial charge in [-0.1, -0.05) is 12.1 Å². The third kappa shape index (κ3) is 4.18. The Bertz CT molecular complexity index is 655. The number of rotatable bonds is 4. The van der Waals surface area contributed by atoms with Gasteiger partial charge in [-0.05, 0) is 33.6 Å². The molecular weight excluding hydrogens is 359 g/mol. The lowest BCUT2D eigenvalue weighted by Crippen LogP contribution is -2.17. The highest BCUT2D eigenvalue weighted by molar-refractivity contribution is 9.10. The molecule has 0 saturated heterocycles. The lowest BCUT2D eigenvalue weighted by atomic mass is 10.2. The average molecular weight is 366 g/mol. The summed E-state index contributed by atoms with van der Waals surface area (Å²) >= 11 is 2.96. The van der Waals surface area contributed by atoms with Crippen LogP contribution in [-0.4, -0.2) is 32.4 Å². The van der Waals surface area contributed by atoms with Gasteiger partial charge >= 0.3 is 12.3 Å². The van der Waals surface area contributed by atoms with Crippen LogP contribution < -0.4 is 4.74 Å². The molecule has 0 amide bonds. The van der Waals surface area contributed by atoms with Crippen LogP contribution in [0.25, 0.3) is 0 Å². The molecule has 6 nitrogen and oxygen atoms in total. The molecule has 1 aromatic carbocycles. The second-order valence-corrected chi connectivity index (χ2v) is 4.62. The number of aromatic nitrogens is 3. The molecule has 10 heteroatoms.